The van der Waals surface area contributed by atoms with Crippen molar-refractivity contribution in [1.82, 2.24) is 0 Å². The normalized spacial score (nSPS) is 27.6. The summed E-state index contributed by atoms with van der Waals surface area (Å²) in [5, 5.41) is 0. The largest absolute Gasteiger partial charge is 0.0625 e. The van der Waals surface area contributed by atoms with Crippen molar-refractivity contribution in [2.24, 2.45) is 5.92 Å². The number of benzene rings is 1. The van der Waals surface area contributed by atoms with Crippen LogP contribution in [0.15, 0.2) is 24.3 Å². The average molecular weight is 300 g/mol. The quantitative estimate of drug-likeness (QED) is 0.666. The second-order valence-corrected chi connectivity index (χ2v) is 5.75. The van der Waals surface area contributed by atoms with Crippen LogP contribution < -0.4 is 0 Å². The molecular formula is C13H17I. The highest BCUT2D eigenvalue weighted by Crippen LogP contribution is 2.35. The molecule has 1 aliphatic rings. The molecule has 0 N–H and O–H groups in total. The highest BCUT2D eigenvalue weighted by molar-refractivity contribution is 14.1. The monoisotopic (exact) mass is 300 g/mol. The van der Waals surface area contributed by atoms with Crippen molar-refractivity contribution in [3.05, 3.63) is 33.4 Å². The van der Waals surface area contributed by atoms with E-state index in [9.17, 15) is 0 Å². The van der Waals surface area contributed by atoms with E-state index in [2.05, 4.69) is 53.8 Å². The van der Waals surface area contributed by atoms with Crippen LogP contribution in [0, 0.1) is 9.49 Å². The molecule has 0 aromatic heterocycles. The van der Waals surface area contributed by atoms with Crippen molar-refractivity contribution >= 4 is 22.6 Å². The molecule has 0 nitrogen and oxygen atoms in total. The molecule has 1 heteroatoms. The topological polar surface area (TPSA) is 0 Å². The van der Waals surface area contributed by atoms with Crippen molar-refractivity contribution in [3.8, 4) is 0 Å². The molecule has 1 aliphatic carbocycles. The zero-order valence-corrected chi connectivity index (χ0v) is 10.8. The Bertz CT molecular complexity index is 281. The highest BCUT2D eigenvalue weighted by atomic mass is 127. The summed E-state index contributed by atoms with van der Waals surface area (Å²) in [7, 11) is 0. The molecule has 1 aromatic rings. The summed E-state index contributed by atoms with van der Waals surface area (Å²) in [4.78, 5) is 0. The van der Waals surface area contributed by atoms with E-state index in [-0.39, 0.29) is 0 Å². The molecule has 0 amide bonds. The molecule has 76 valence electrons. The SMILES string of the molecule is CC1CCC(c2ccc(I)cc2)CC1. The molecule has 0 unspecified atom stereocenters. The molecule has 1 fully saturated rings. The summed E-state index contributed by atoms with van der Waals surface area (Å²) in [6.45, 7) is 2.38. The fraction of sp³-hybridized carbons (Fsp3) is 0.538. The smallest absolute Gasteiger partial charge is 0.0130 e. The lowest BCUT2D eigenvalue weighted by Crippen LogP contribution is -2.10. The summed E-state index contributed by atoms with van der Waals surface area (Å²) < 4.78 is 1.34. The first-order valence-corrected chi connectivity index (χ1v) is 6.59. The third-order valence-electron chi connectivity index (χ3n) is 3.36. The van der Waals surface area contributed by atoms with Gasteiger partial charge in [-0.1, -0.05) is 31.9 Å². The van der Waals surface area contributed by atoms with Crippen LogP contribution in [0.1, 0.15) is 44.1 Å². The number of halogens is 1. The van der Waals surface area contributed by atoms with E-state index >= 15 is 0 Å². The van der Waals surface area contributed by atoms with Gasteiger partial charge in [0, 0.05) is 3.57 Å². The Morgan fingerprint density at radius 1 is 1.00 bits per heavy atom. The van der Waals surface area contributed by atoms with E-state index in [0.29, 0.717) is 0 Å². The third-order valence-corrected chi connectivity index (χ3v) is 4.08. The van der Waals surface area contributed by atoms with Gasteiger partial charge >= 0.3 is 0 Å². The number of rotatable bonds is 1. The van der Waals surface area contributed by atoms with Gasteiger partial charge in [-0.2, -0.15) is 0 Å². The average Bonchev–Trinajstić information content (AvgIpc) is 2.21. The van der Waals surface area contributed by atoms with Crippen LogP contribution in [0.5, 0.6) is 0 Å². The molecule has 0 atom stereocenters. The second kappa shape index (κ2) is 4.65. The van der Waals surface area contributed by atoms with Gasteiger partial charge in [0.15, 0.2) is 0 Å². The van der Waals surface area contributed by atoms with Gasteiger partial charge in [0.1, 0.15) is 0 Å². The molecule has 1 saturated carbocycles. The van der Waals surface area contributed by atoms with Gasteiger partial charge in [0.05, 0.1) is 0 Å². The Morgan fingerprint density at radius 2 is 1.57 bits per heavy atom. The van der Waals surface area contributed by atoms with Gasteiger partial charge in [-0.15, -0.1) is 0 Å². The molecule has 0 radical (unpaired) electrons. The maximum Gasteiger partial charge on any atom is 0.0130 e. The van der Waals surface area contributed by atoms with Crippen LogP contribution in [-0.4, -0.2) is 0 Å². The van der Waals surface area contributed by atoms with Crippen LogP contribution in [0.2, 0.25) is 0 Å². The van der Waals surface area contributed by atoms with Crippen molar-refractivity contribution in [1.29, 1.82) is 0 Å². The van der Waals surface area contributed by atoms with Crippen molar-refractivity contribution in [3.63, 3.8) is 0 Å². The third kappa shape index (κ3) is 2.50. The molecule has 0 saturated heterocycles. The minimum absolute atomic E-state index is 0.836. The van der Waals surface area contributed by atoms with E-state index in [1.54, 1.807) is 5.56 Å². The van der Waals surface area contributed by atoms with E-state index in [1.165, 1.54) is 29.3 Å². The summed E-state index contributed by atoms with van der Waals surface area (Å²) in [5.74, 6) is 1.79. The van der Waals surface area contributed by atoms with Crippen molar-refractivity contribution in [2.45, 2.75) is 38.5 Å². The summed E-state index contributed by atoms with van der Waals surface area (Å²) in [6.07, 6.45) is 5.61. The van der Waals surface area contributed by atoms with Crippen LogP contribution in [0.25, 0.3) is 0 Å². The van der Waals surface area contributed by atoms with Crippen LogP contribution in [-0.2, 0) is 0 Å². The molecule has 1 aromatic carbocycles. The first-order valence-electron chi connectivity index (χ1n) is 5.51. The first kappa shape index (κ1) is 10.5. The fourth-order valence-electron chi connectivity index (χ4n) is 2.33. The lowest BCUT2D eigenvalue weighted by molar-refractivity contribution is 0.348. The zero-order valence-electron chi connectivity index (χ0n) is 8.67. The summed E-state index contributed by atoms with van der Waals surface area (Å²) >= 11 is 2.37. The van der Waals surface area contributed by atoms with Gasteiger partial charge in [-0.3, -0.25) is 0 Å². The van der Waals surface area contributed by atoms with Crippen molar-refractivity contribution in [2.75, 3.05) is 0 Å². The maximum atomic E-state index is 2.38. The Hall–Kier alpha value is -0.0500. The van der Waals surface area contributed by atoms with Gasteiger partial charge in [0.25, 0.3) is 0 Å². The minimum Gasteiger partial charge on any atom is -0.0625 e. The molecule has 0 heterocycles. The van der Waals surface area contributed by atoms with Crippen molar-refractivity contribution < 1.29 is 0 Å². The predicted octanol–water partition coefficient (Wildman–Crippen LogP) is 4.58. The molecule has 2 rings (SSSR count). The number of hydrogen-bond acceptors (Lipinski definition) is 0. The second-order valence-electron chi connectivity index (χ2n) is 4.51. The van der Waals surface area contributed by atoms with Gasteiger partial charge in [-0.25, -0.2) is 0 Å². The Kier molecular flexibility index (Phi) is 3.47. The predicted molar refractivity (Wildman–Crippen MR) is 69.5 cm³/mol. The van der Waals surface area contributed by atoms with E-state index < -0.39 is 0 Å². The zero-order chi connectivity index (χ0) is 9.97. The lowest BCUT2D eigenvalue weighted by Gasteiger charge is -2.26. The maximum absolute atomic E-state index is 2.38. The standard InChI is InChI=1S/C13H17I/c1-10-2-4-11(5-3-10)12-6-8-13(14)9-7-12/h6-11H,2-5H2,1H3. The number of hydrogen-bond donors (Lipinski definition) is 0. The highest BCUT2D eigenvalue weighted by Gasteiger charge is 2.19. The van der Waals surface area contributed by atoms with Gasteiger partial charge in [-0.05, 0) is 65.0 Å². The van der Waals surface area contributed by atoms with E-state index in [4.69, 9.17) is 0 Å². The Balaban J connectivity index is 2.05. The molecular weight excluding hydrogens is 283 g/mol. The Morgan fingerprint density at radius 3 is 2.14 bits per heavy atom. The van der Waals surface area contributed by atoms with Crippen LogP contribution in [0.3, 0.4) is 0 Å². The van der Waals surface area contributed by atoms with Crippen LogP contribution >= 0.6 is 22.6 Å². The van der Waals surface area contributed by atoms with Crippen LogP contribution in [0.4, 0.5) is 0 Å². The van der Waals surface area contributed by atoms with E-state index in [1.807, 2.05) is 0 Å². The molecule has 0 bridgehead atoms. The first-order chi connectivity index (χ1) is 6.75. The fourth-order valence-corrected chi connectivity index (χ4v) is 2.69. The van der Waals surface area contributed by atoms with Gasteiger partial charge in [0.2, 0.25) is 0 Å². The molecule has 0 aliphatic heterocycles. The Labute approximate surface area is 100 Å². The molecule has 0 spiro atoms. The summed E-state index contributed by atoms with van der Waals surface area (Å²) in [5.41, 5.74) is 1.55. The van der Waals surface area contributed by atoms with E-state index in [0.717, 1.165) is 11.8 Å². The summed E-state index contributed by atoms with van der Waals surface area (Å²) in [6, 6.07) is 9.08. The molecule has 14 heavy (non-hydrogen) atoms. The van der Waals surface area contributed by atoms with Gasteiger partial charge < -0.3 is 0 Å². The minimum atomic E-state index is 0.836. The lowest BCUT2D eigenvalue weighted by atomic mass is 9.79.